The predicted octanol–water partition coefficient (Wildman–Crippen LogP) is 2.89. The van der Waals surface area contributed by atoms with Crippen LogP contribution in [0.3, 0.4) is 0 Å². The Kier molecular flexibility index (Phi) is 8.83. The summed E-state index contributed by atoms with van der Waals surface area (Å²) >= 11 is 1.91. The molecule has 0 saturated heterocycles. The molecule has 10 heavy (non-hydrogen) atoms. The molecule has 0 fully saturated rings. The Labute approximate surface area is 68.8 Å². The third kappa shape index (κ3) is 7.91. The summed E-state index contributed by atoms with van der Waals surface area (Å²) in [6.07, 6.45) is 14.7. The van der Waals surface area contributed by atoms with E-state index in [-0.39, 0.29) is 0 Å². The zero-order valence-electron chi connectivity index (χ0n) is 6.65. The monoisotopic (exact) mass is 155 g/mol. The molecule has 0 aromatic carbocycles. The van der Waals surface area contributed by atoms with Crippen LogP contribution in [0.5, 0.6) is 0 Å². The first kappa shape index (κ1) is 9.91. The fraction of sp³-hybridized carbons (Fsp3) is 0.778. The van der Waals surface area contributed by atoms with E-state index in [1.54, 1.807) is 0 Å². The molecular weight excluding hydrogens is 140 g/mol. The molecule has 0 aromatic heterocycles. The van der Waals surface area contributed by atoms with Crippen molar-refractivity contribution in [2.45, 2.75) is 32.1 Å². The van der Waals surface area contributed by atoms with Gasteiger partial charge in [0.05, 0.1) is 0 Å². The molecule has 0 atom stereocenters. The molecule has 0 unspecified atom stereocenters. The van der Waals surface area contributed by atoms with Crippen LogP contribution in [-0.4, -0.2) is 12.0 Å². The highest BCUT2D eigenvalue weighted by molar-refractivity contribution is 7.98. The Bertz CT molecular complexity index is 91.4. The van der Waals surface area contributed by atoms with Crippen molar-refractivity contribution in [1.82, 2.24) is 0 Å². The number of hydrogen-bond acceptors (Lipinski definition) is 1. The molecule has 0 amide bonds. The summed E-state index contributed by atoms with van der Waals surface area (Å²) in [6.45, 7) is 0. The third-order valence-corrected chi connectivity index (χ3v) is 2.10. The van der Waals surface area contributed by atoms with Crippen molar-refractivity contribution in [2.24, 2.45) is 0 Å². The van der Waals surface area contributed by atoms with Gasteiger partial charge >= 0.3 is 0 Å². The van der Waals surface area contributed by atoms with Crippen LogP contribution in [0.25, 0.3) is 0 Å². The first-order valence-electron chi connectivity index (χ1n) is 3.80. The summed E-state index contributed by atoms with van der Waals surface area (Å²) in [5, 5.41) is 0. The van der Waals surface area contributed by atoms with Gasteiger partial charge < -0.3 is 0 Å². The molecule has 0 rings (SSSR count). The maximum absolute atomic E-state index is 6.67. The highest BCUT2D eigenvalue weighted by Crippen LogP contribution is 2.05. The van der Waals surface area contributed by atoms with E-state index in [0.29, 0.717) is 0 Å². The van der Waals surface area contributed by atoms with Crippen molar-refractivity contribution in [2.75, 3.05) is 12.0 Å². The van der Waals surface area contributed by atoms with E-state index in [9.17, 15) is 0 Å². The molecule has 0 saturated carbocycles. The van der Waals surface area contributed by atoms with Gasteiger partial charge in [0.1, 0.15) is 0 Å². The lowest BCUT2D eigenvalue weighted by atomic mass is 10.2. The maximum Gasteiger partial charge on any atom is 0.00989 e. The highest BCUT2D eigenvalue weighted by atomic mass is 32.2. The number of unbranched alkanes of at least 4 members (excludes halogenated alkanes) is 4. The van der Waals surface area contributed by atoms with E-state index >= 15 is 0 Å². The van der Waals surface area contributed by atoms with Crippen LogP contribution in [-0.2, 0) is 0 Å². The minimum Gasteiger partial charge on any atom is -0.165 e. The molecule has 0 aliphatic carbocycles. The van der Waals surface area contributed by atoms with Crippen molar-refractivity contribution in [3.05, 3.63) is 6.42 Å². The first-order chi connectivity index (χ1) is 4.91. The smallest absolute Gasteiger partial charge is 0.00989 e. The van der Waals surface area contributed by atoms with E-state index in [1.165, 1.54) is 25.0 Å². The van der Waals surface area contributed by atoms with Crippen LogP contribution in [0, 0.1) is 12.3 Å². The normalized spacial score (nSPS) is 9.20. The van der Waals surface area contributed by atoms with Crippen LogP contribution < -0.4 is 0 Å². The zero-order chi connectivity index (χ0) is 7.66. The Morgan fingerprint density at radius 1 is 1.20 bits per heavy atom. The summed E-state index contributed by atoms with van der Waals surface area (Å²) in [6, 6.07) is 0. The van der Waals surface area contributed by atoms with Gasteiger partial charge in [0, 0.05) is 6.42 Å². The molecule has 0 N–H and O–H groups in total. The fourth-order valence-corrected chi connectivity index (χ4v) is 1.31. The molecule has 1 radical (unpaired) electrons. The topological polar surface area (TPSA) is 0 Å². The molecule has 0 aromatic rings. The lowest BCUT2D eigenvalue weighted by Crippen LogP contribution is -1.79. The average molecular weight is 155 g/mol. The number of thioether (sulfide) groups is 1. The highest BCUT2D eigenvalue weighted by Gasteiger charge is 1.87. The third-order valence-electron chi connectivity index (χ3n) is 1.40. The summed E-state index contributed by atoms with van der Waals surface area (Å²) in [4.78, 5) is 0. The van der Waals surface area contributed by atoms with E-state index in [2.05, 4.69) is 12.2 Å². The van der Waals surface area contributed by atoms with Gasteiger partial charge in [0.2, 0.25) is 0 Å². The second kappa shape index (κ2) is 8.91. The molecule has 0 heterocycles. The van der Waals surface area contributed by atoms with Crippen LogP contribution in [0.15, 0.2) is 0 Å². The number of rotatable bonds is 6. The second-order valence-corrected chi connectivity index (χ2v) is 3.32. The summed E-state index contributed by atoms with van der Waals surface area (Å²) < 4.78 is 0. The van der Waals surface area contributed by atoms with E-state index in [1.807, 2.05) is 11.8 Å². The molecule has 0 bridgehead atoms. The van der Waals surface area contributed by atoms with Crippen molar-refractivity contribution in [1.29, 1.82) is 0 Å². The van der Waals surface area contributed by atoms with Gasteiger partial charge in [-0.2, -0.15) is 11.8 Å². The average Bonchev–Trinajstić information content (AvgIpc) is 1.97. The van der Waals surface area contributed by atoms with Crippen LogP contribution in [0.4, 0.5) is 0 Å². The Hall–Kier alpha value is -0.0900. The minimum atomic E-state index is 0.846. The second-order valence-electron chi connectivity index (χ2n) is 2.33. The SMILES string of the molecule is [C]#CCCCCCCSC. The summed E-state index contributed by atoms with van der Waals surface area (Å²) in [5.74, 6) is 3.69. The van der Waals surface area contributed by atoms with Gasteiger partial charge in [-0.15, -0.1) is 0 Å². The Morgan fingerprint density at radius 3 is 2.50 bits per heavy atom. The molecule has 57 valence electrons. The standard InChI is InChI=1S/C9H15S/c1-3-4-5-6-7-8-9-10-2/h4-9H2,2H3. The van der Waals surface area contributed by atoms with Gasteiger partial charge in [-0.1, -0.05) is 18.8 Å². The molecular formula is C9H15S. The van der Waals surface area contributed by atoms with Crippen LogP contribution in [0.1, 0.15) is 32.1 Å². The van der Waals surface area contributed by atoms with E-state index < -0.39 is 0 Å². The van der Waals surface area contributed by atoms with Gasteiger partial charge in [-0.25, -0.2) is 0 Å². The van der Waals surface area contributed by atoms with Gasteiger partial charge in [0.15, 0.2) is 0 Å². The lowest BCUT2D eigenvalue weighted by molar-refractivity contribution is 0.683. The molecule has 0 aliphatic heterocycles. The van der Waals surface area contributed by atoms with Crippen molar-refractivity contribution < 1.29 is 0 Å². The Balaban J connectivity index is 2.72. The molecule has 0 aliphatic rings. The van der Waals surface area contributed by atoms with Gasteiger partial charge in [0.25, 0.3) is 0 Å². The summed E-state index contributed by atoms with van der Waals surface area (Å²) in [5.41, 5.74) is 0. The predicted molar refractivity (Wildman–Crippen MR) is 48.6 cm³/mol. The molecule has 0 nitrogen and oxygen atoms in total. The minimum absolute atomic E-state index is 0.846. The zero-order valence-corrected chi connectivity index (χ0v) is 7.47. The van der Waals surface area contributed by atoms with Crippen molar-refractivity contribution in [3.8, 4) is 5.92 Å². The summed E-state index contributed by atoms with van der Waals surface area (Å²) in [7, 11) is 0. The number of hydrogen-bond donors (Lipinski definition) is 0. The van der Waals surface area contributed by atoms with Gasteiger partial charge in [-0.05, 0) is 31.3 Å². The van der Waals surface area contributed by atoms with Crippen molar-refractivity contribution in [3.63, 3.8) is 0 Å². The van der Waals surface area contributed by atoms with E-state index in [4.69, 9.17) is 6.42 Å². The van der Waals surface area contributed by atoms with Crippen molar-refractivity contribution >= 4 is 11.8 Å². The first-order valence-corrected chi connectivity index (χ1v) is 5.19. The lowest BCUT2D eigenvalue weighted by Gasteiger charge is -1.95. The Morgan fingerprint density at radius 2 is 1.90 bits per heavy atom. The van der Waals surface area contributed by atoms with Gasteiger partial charge in [-0.3, -0.25) is 0 Å². The fourth-order valence-electron chi connectivity index (χ4n) is 0.813. The molecule has 0 spiro atoms. The maximum atomic E-state index is 6.67. The largest absolute Gasteiger partial charge is 0.165 e. The van der Waals surface area contributed by atoms with Crippen LogP contribution >= 0.6 is 11.8 Å². The van der Waals surface area contributed by atoms with Crippen LogP contribution in [0.2, 0.25) is 0 Å². The van der Waals surface area contributed by atoms with E-state index in [0.717, 1.165) is 12.8 Å². The molecule has 1 heteroatoms. The quantitative estimate of drug-likeness (QED) is 0.420.